The number of aliphatic hydroxyl groups excluding tert-OH is 1. The molecule has 0 aromatic heterocycles. The van der Waals surface area contributed by atoms with Crippen molar-refractivity contribution in [2.24, 2.45) is 5.73 Å². The summed E-state index contributed by atoms with van der Waals surface area (Å²) < 4.78 is 5.39. The molecule has 0 saturated carbocycles. The van der Waals surface area contributed by atoms with Crippen LogP contribution in [0.4, 0.5) is 11.4 Å². The SMILES string of the molecule is [CH]N(C)C(=O)c1cccc(N2CCO[C@H]([C@@H](O)C(=O)Nc3ccc(C(=N)N)cc3)C2=O)c1. The summed E-state index contributed by atoms with van der Waals surface area (Å²) in [6, 6.07) is 12.5. The maximum Gasteiger partial charge on any atom is 0.259 e. The van der Waals surface area contributed by atoms with Crippen molar-refractivity contribution in [3.05, 3.63) is 66.7 Å². The van der Waals surface area contributed by atoms with Gasteiger partial charge in [-0.1, -0.05) is 6.07 Å². The van der Waals surface area contributed by atoms with Gasteiger partial charge >= 0.3 is 0 Å². The standard InChI is InChI=1S/C22H23N5O5/c1-26(2)21(30)14-4-3-5-16(12-14)27-10-11-32-18(22(27)31)17(28)20(29)25-15-8-6-13(7-9-15)19(23)24/h1,3-9,12,17-18,28H,10-11H2,2H3,(H3,23,24)(H,25,29)/t17-,18-/m1/s1. The number of carbonyl (C=O) groups is 3. The normalized spacial score (nSPS) is 16.9. The van der Waals surface area contributed by atoms with Crippen molar-refractivity contribution in [2.75, 3.05) is 30.4 Å². The van der Waals surface area contributed by atoms with Crippen LogP contribution >= 0.6 is 0 Å². The predicted octanol–water partition coefficient (Wildman–Crippen LogP) is 0.443. The summed E-state index contributed by atoms with van der Waals surface area (Å²) in [6.07, 6.45) is -3.19. The molecule has 1 saturated heterocycles. The van der Waals surface area contributed by atoms with Crippen molar-refractivity contribution in [2.45, 2.75) is 12.2 Å². The molecule has 0 unspecified atom stereocenters. The topological polar surface area (TPSA) is 149 Å². The molecule has 0 aliphatic carbocycles. The lowest BCUT2D eigenvalue weighted by atomic mass is 10.1. The van der Waals surface area contributed by atoms with Gasteiger partial charge in [-0.3, -0.25) is 19.8 Å². The molecular formula is C22H23N5O5. The predicted molar refractivity (Wildman–Crippen MR) is 117 cm³/mol. The van der Waals surface area contributed by atoms with Crippen molar-refractivity contribution < 1.29 is 24.2 Å². The smallest absolute Gasteiger partial charge is 0.259 e. The second-order valence-corrected chi connectivity index (χ2v) is 7.17. The van der Waals surface area contributed by atoms with E-state index in [-0.39, 0.29) is 24.6 Å². The fraction of sp³-hybridized carbons (Fsp3) is 0.227. The maximum absolute atomic E-state index is 13.0. The number of hydrogen-bond donors (Lipinski definition) is 4. The van der Waals surface area contributed by atoms with Crippen molar-refractivity contribution in [3.8, 4) is 0 Å². The van der Waals surface area contributed by atoms with Crippen LogP contribution in [0.25, 0.3) is 0 Å². The molecule has 32 heavy (non-hydrogen) atoms. The van der Waals surface area contributed by atoms with Crippen molar-refractivity contribution >= 4 is 34.9 Å². The Labute approximate surface area is 185 Å². The average molecular weight is 437 g/mol. The Morgan fingerprint density at radius 2 is 1.97 bits per heavy atom. The number of hydrogen-bond acceptors (Lipinski definition) is 6. The molecule has 1 fully saturated rings. The summed E-state index contributed by atoms with van der Waals surface area (Å²) in [5, 5.41) is 20.4. The van der Waals surface area contributed by atoms with Gasteiger partial charge in [0, 0.05) is 36.1 Å². The zero-order chi connectivity index (χ0) is 23.4. The van der Waals surface area contributed by atoms with Crippen LogP contribution in [0.2, 0.25) is 0 Å². The van der Waals surface area contributed by atoms with E-state index in [0.717, 1.165) is 4.90 Å². The van der Waals surface area contributed by atoms with Gasteiger partial charge in [0.15, 0.2) is 12.2 Å². The average Bonchev–Trinajstić information content (AvgIpc) is 2.78. The molecule has 3 amide bonds. The van der Waals surface area contributed by atoms with Crippen molar-refractivity contribution in [1.82, 2.24) is 4.90 Å². The third-order valence-electron chi connectivity index (χ3n) is 4.87. The molecule has 3 rings (SSSR count). The number of morpholine rings is 1. The van der Waals surface area contributed by atoms with E-state index in [1.54, 1.807) is 30.3 Å². The number of nitrogens with two attached hydrogens (primary N) is 1. The van der Waals surface area contributed by atoms with Crippen LogP contribution in [0.3, 0.4) is 0 Å². The Kier molecular flexibility index (Phi) is 6.86. The van der Waals surface area contributed by atoms with Crippen LogP contribution in [-0.2, 0) is 14.3 Å². The molecular weight excluding hydrogens is 414 g/mol. The number of carbonyl (C=O) groups excluding carboxylic acids is 3. The van der Waals surface area contributed by atoms with Gasteiger partial charge in [-0.25, -0.2) is 0 Å². The first kappa shape index (κ1) is 22.9. The molecule has 0 spiro atoms. The van der Waals surface area contributed by atoms with Crippen molar-refractivity contribution in [3.63, 3.8) is 0 Å². The lowest BCUT2D eigenvalue weighted by Crippen LogP contribution is -2.55. The highest BCUT2D eigenvalue weighted by molar-refractivity contribution is 6.04. The van der Waals surface area contributed by atoms with E-state index in [4.69, 9.17) is 22.9 Å². The van der Waals surface area contributed by atoms with E-state index in [1.807, 2.05) is 0 Å². The van der Waals surface area contributed by atoms with Gasteiger partial charge in [0.05, 0.1) is 13.7 Å². The Balaban J connectivity index is 1.72. The summed E-state index contributed by atoms with van der Waals surface area (Å²) in [5.74, 6) is -1.99. The first-order valence-corrected chi connectivity index (χ1v) is 9.68. The van der Waals surface area contributed by atoms with Crippen LogP contribution < -0.4 is 16.0 Å². The fourth-order valence-corrected chi connectivity index (χ4v) is 3.19. The monoisotopic (exact) mass is 437 g/mol. The van der Waals surface area contributed by atoms with Gasteiger partial charge in [0.2, 0.25) is 0 Å². The molecule has 2 aromatic carbocycles. The molecule has 1 heterocycles. The molecule has 1 aliphatic heterocycles. The fourth-order valence-electron chi connectivity index (χ4n) is 3.19. The van der Waals surface area contributed by atoms with Gasteiger partial charge in [-0.15, -0.1) is 0 Å². The molecule has 1 aliphatic rings. The lowest BCUT2D eigenvalue weighted by molar-refractivity contribution is -0.150. The highest BCUT2D eigenvalue weighted by atomic mass is 16.5. The third-order valence-corrected chi connectivity index (χ3v) is 4.87. The summed E-state index contributed by atoms with van der Waals surface area (Å²) in [5.41, 5.74) is 6.94. The van der Waals surface area contributed by atoms with Crippen LogP contribution in [0, 0.1) is 12.5 Å². The summed E-state index contributed by atoms with van der Waals surface area (Å²) in [7, 11) is 6.90. The zero-order valence-corrected chi connectivity index (χ0v) is 17.3. The zero-order valence-electron chi connectivity index (χ0n) is 17.3. The molecule has 5 N–H and O–H groups in total. The Bertz CT molecular complexity index is 1040. The number of nitrogens with one attached hydrogen (secondary N) is 2. The highest BCUT2D eigenvalue weighted by Crippen LogP contribution is 2.23. The number of amides is 3. The van der Waals surface area contributed by atoms with Gasteiger partial charge in [-0.05, 0) is 42.5 Å². The van der Waals surface area contributed by atoms with E-state index < -0.39 is 29.9 Å². The Hall–Kier alpha value is -3.76. The summed E-state index contributed by atoms with van der Waals surface area (Å²) in [6.45, 7) is 0.273. The van der Waals surface area contributed by atoms with E-state index in [9.17, 15) is 19.5 Å². The van der Waals surface area contributed by atoms with Crippen molar-refractivity contribution in [1.29, 1.82) is 5.41 Å². The van der Waals surface area contributed by atoms with Gasteiger partial charge in [0.1, 0.15) is 5.84 Å². The molecule has 2 aromatic rings. The second-order valence-electron chi connectivity index (χ2n) is 7.17. The van der Waals surface area contributed by atoms with Crippen LogP contribution in [-0.4, -0.2) is 66.0 Å². The second kappa shape index (κ2) is 9.58. The Morgan fingerprint density at radius 3 is 2.59 bits per heavy atom. The first-order valence-electron chi connectivity index (χ1n) is 9.68. The van der Waals surface area contributed by atoms with E-state index in [0.29, 0.717) is 16.9 Å². The molecule has 10 nitrogen and oxygen atoms in total. The summed E-state index contributed by atoms with van der Waals surface area (Å²) >= 11 is 0. The number of aliphatic hydroxyl groups is 1. The molecule has 166 valence electrons. The van der Waals surface area contributed by atoms with E-state index in [2.05, 4.69) is 5.32 Å². The Morgan fingerprint density at radius 1 is 1.28 bits per heavy atom. The largest absolute Gasteiger partial charge is 0.384 e. The number of nitrogen functional groups attached to an aromatic ring is 1. The number of rotatable bonds is 6. The van der Waals surface area contributed by atoms with Crippen LogP contribution in [0.5, 0.6) is 0 Å². The van der Waals surface area contributed by atoms with Gasteiger partial charge in [0.25, 0.3) is 17.7 Å². The summed E-state index contributed by atoms with van der Waals surface area (Å²) in [4.78, 5) is 39.9. The van der Waals surface area contributed by atoms with E-state index >= 15 is 0 Å². The van der Waals surface area contributed by atoms with Crippen LogP contribution in [0.1, 0.15) is 15.9 Å². The number of amidine groups is 1. The number of nitrogens with zero attached hydrogens (tertiary/aromatic N) is 2. The maximum atomic E-state index is 13.0. The quantitative estimate of drug-likeness (QED) is 0.293. The first-order chi connectivity index (χ1) is 15.2. The minimum atomic E-state index is -1.77. The minimum absolute atomic E-state index is 0.0863. The molecule has 10 heteroatoms. The molecule has 0 bridgehead atoms. The van der Waals surface area contributed by atoms with Crippen LogP contribution in [0.15, 0.2) is 48.5 Å². The minimum Gasteiger partial charge on any atom is -0.384 e. The molecule has 2 radical (unpaired) electrons. The van der Waals surface area contributed by atoms with E-state index in [1.165, 1.54) is 30.1 Å². The van der Waals surface area contributed by atoms with Gasteiger partial charge < -0.3 is 30.7 Å². The lowest BCUT2D eigenvalue weighted by Gasteiger charge is -2.34. The van der Waals surface area contributed by atoms with Gasteiger partial charge in [-0.2, -0.15) is 0 Å². The third kappa shape index (κ3) is 4.93. The number of anilines is 2. The number of ether oxygens (including phenoxy) is 1. The number of benzene rings is 2. The molecule has 2 atom stereocenters. The highest BCUT2D eigenvalue weighted by Gasteiger charge is 2.39.